The normalized spacial score (nSPS) is 17.5. The van der Waals surface area contributed by atoms with Gasteiger partial charge in [-0.25, -0.2) is 0 Å². The molecule has 1 aromatic carbocycles. The van der Waals surface area contributed by atoms with Crippen LogP contribution in [0.2, 0.25) is 0 Å². The summed E-state index contributed by atoms with van der Waals surface area (Å²) >= 11 is 3.43. The van der Waals surface area contributed by atoms with E-state index in [0.717, 1.165) is 29.3 Å². The van der Waals surface area contributed by atoms with Crippen LogP contribution in [0.25, 0.3) is 0 Å². The third-order valence-electron chi connectivity index (χ3n) is 3.08. The highest BCUT2D eigenvalue weighted by Gasteiger charge is 2.51. The number of hydrogen-bond acceptors (Lipinski definition) is 1. The van der Waals surface area contributed by atoms with E-state index in [4.69, 9.17) is 0 Å². The van der Waals surface area contributed by atoms with Gasteiger partial charge in [-0.05, 0) is 42.5 Å². The number of carbonyl (C=O) groups is 1. The molecule has 0 heterocycles. The lowest BCUT2D eigenvalue weighted by atomic mass is 9.94. The second-order valence-electron chi connectivity index (χ2n) is 4.09. The molecule has 0 bridgehead atoms. The van der Waals surface area contributed by atoms with Crippen LogP contribution in [0.15, 0.2) is 22.7 Å². The Hall–Kier alpha value is -0.830. The van der Waals surface area contributed by atoms with Crippen molar-refractivity contribution >= 4 is 21.9 Å². The standard InChI is InChI=1S/C12H13BrO2/c1-2-8-5-9(7-10(13)6-8)12(3-4-12)11(14)15/h5-7H,2-4H2,1H3,(H,14,15). The summed E-state index contributed by atoms with van der Waals surface area (Å²) in [6.45, 7) is 2.08. The molecule has 3 heteroatoms. The van der Waals surface area contributed by atoms with Crippen molar-refractivity contribution in [2.75, 3.05) is 0 Å². The molecule has 0 radical (unpaired) electrons. The lowest BCUT2D eigenvalue weighted by Crippen LogP contribution is -2.19. The Bertz CT molecular complexity index is 408. The molecule has 1 aliphatic rings. The van der Waals surface area contributed by atoms with Crippen molar-refractivity contribution in [1.29, 1.82) is 0 Å². The summed E-state index contributed by atoms with van der Waals surface area (Å²) in [6, 6.07) is 5.99. The highest BCUT2D eigenvalue weighted by Crippen LogP contribution is 2.49. The molecule has 0 aliphatic heterocycles. The first-order valence-corrected chi connectivity index (χ1v) is 5.91. The van der Waals surface area contributed by atoms with Gasteiger partial charge in [0.25, 0.3) is 0 Å². The molecule has 0 atom stereocenters. The summed E-state index contributed by atoms with van der Waals surface area (Å²) in [7, 11) is 0. The van der Waals surface area contributed by atoms with Gasteiger partial charge in [-0.3, -0.25) is 4.79 Å². The van der Waals surface area contributed by atoms with Crippen molar-refractivity contribution in [3.05, 3.63) is 33.8 Å². The maximum Gasteiger partial charge on any atom is 0.314 e. The summed E-state index contributed by atoms with van der Waals surface area (Å²) in [6.07, 6.45) is 2.46. The van der Waals surface area contributed by atoms with Gasteiger partial charge in [-0.15, -0.1) is 0 Å². The van der Waals surface area contributed by atoms with Gasteiger partial charge in [-0.1, -0.05) is 28.9 Å². The van der Waals surface area contributed by atoms with E-state index in [1.165, 1.54) is 5.56 Å². The van der Waals surface area contributed by atoms with E-state index in [9.17, 15) is 9.90 Å². The summed E-state index contributed by atoms with van der Waals surface area (Å²) in [5.74, 6) is -0.692. The van der Waals surface area contributed by atoms with Crippen LogP contribution in [-0.2, 0) is 16.6 Å². The lowest BCUT2D eigenvalue weighted by molar-refractivity contribution is -0.140. The second kappa shape index (κ2) is 3.63. The highest BCUT2D eigenvalue weighted by molar-refractivity contribution is 9.10. The van der Waals surface area contributed by atoms with Crippen molar-refractivity contribution in [1.82, 2.24) is 0 Å². The van der Waals surface area contributed by atoms with Gasteiger partial charge < -0.3 is 5.11 Å². The van der Waals surface area contributed by atoms with Crippen LogP contribution in [-0.4, -0.2) is 11.1 Å². The Kier molecular flexibility index (Phi) is 2.59. The second-order valence-corrected chi connectivity index (χ2v) is 5.00. The summed E-state index contributed by atoms with van der Waals surface area (Å²) < 4.78 is 0.976. The monoisotopic (exact) mass is 268 g/mol. The van der Waals surface area contributed by atoms with E-state index in [-0.39, 0.29) is 0 Å². The number of carboxylic acid groups (broad SMARTS) is 1. The Morgan fingerprint density at radius 1 is 1.47 bits per heavy atom. The molecule has 2 nitrogen and oxygen atoms in total. The van der Waals surface area contributed by atoms with Crippen LogP contribution < -0.4 is 0 Å². The van der Waals surface area contributed by atoms with Crippen LogP contribution in [0, 0.1) is 0 Å². The minimum Gasteiger partial charge on any atom is -0.481 e. The van der Waals surface area contributed by atoms with Gasteiger partial charge in [0.1, 0.15) is 0 Å². The molecule has 80 valence electrons. The van der Waals surface area contributed by atoms with Gasteiger partial charge in [0, 0.05) is 4.47 Å². The number of carboxylic acids is 1. The fraction of sp³-hybridized carbons (Fsp3) is 0.417. The topological polar surface area (TPSA) is 37.3 Å². The number of aryl methyl sites for hydroxylation is 1. The van der Waals surface area contributed by atoms with E-state index in [0.29, 0.717) is 0 Å². The summed E-state index contributed by atoms with van der Waals surface area (Å²) in [5, 5.41) is 9.20. The Morgan fingerprint density at radius 2 is 2.13 bits per heavy atom. The largest absolute Gasteiger partial charge is 0.481 e. The number of rotatable bonds is 3. The molecule has 2 rings (SSSR count). The Balaban J connectivity index is 2.44. The molecular formula is C12H13BrO2. The molecule has 15 heavy (non-hydrogen) atoms. The zero-order chi connectivity index (χ0) is 11.1. The fourth-order valence-corrected chi connectivity index (χ4v) is 2.42. The minimum atomic E-state index is -0.692. The summed E-state index contributed by atoms with van der Waals surface area (Å²) in [5.41, 5.74) is 1.54. The van der Waals surface area contributed by atoms with Crippen LogP contribution in [0.4, 0.5) is 0 Å². The maximum absolute atomic E-state index is 11.2. The Morgan fingerprint density at radius 3 is 2.60 bits per heavy atom. The molecule has 0 saturated heterocycles. The number of hydrogen-bond donors (Lipinski definition) is 1. The van der Waals surface area contributed by atoms with E-state index in [1.807, 2.05) is 18.2 Å². The fourth-order valence-electron chi connectivity index (χ4n) is 1.88. The van der Waals surface area contributed by atoms with Crippen molar-refractivity contribution < 1.29 is 9.90 Å². The molecule has 0 aromatic heterocycles. The first-order valence-electron chi connectivity index (χ1n) is 5.12. The maximum atomic E-state index is 11.2. The molecule has 1 aromatic rings. The molecular weight excluding hydrogens is 256 g/mol. The molecule has 1 aliphatic carbocycles. The van der Waals surface area contributed by atoms with Crippen LogP contribution >= 0.6 is 15.9 Å². The third kappa shape index (κ3) is 1.81. The van der Waals surface area contributed by atoms with Gasteiger partial charge >= 0.3 is 5.97 Å². The average Bonchev–Trinajstić information content (AvgIpc) is 2.97. The number of halogens is 1. The van der Waals surface area contributed by atoms with Crippen LogP contribution in [0.5, 0.6) is 0 Å². The Labute approximate surface area is 97.4 Å². The number of aliphatic carboxylic acids is 1. The highest BCUT2D eigenvalue weighted by atomic mass is 79.9. The van der Waals surface area contributed by atoms with Crippen molar-refractivity contribution in [3.8, 4) is 0 Å². The van der Waals surface area contributed by atoms with Gasteiger partial charge in [0.15, 0.2) is 0 Å². The first-order chi connectivity index (χ1) is 7.08. The van der Waals surface area contributed by atoms with E-state index in [1.54, 1.807) is 0 Å². The molecule has 1 N–H and O–H groups in total. The van der Waals surface area contributed by atoms with E-state index in [2.05, 4.69) is 22.9 Å². The average molecular weight is 269 g/mol. The SMILES string of the molecule is CCc1cc(Br)cc(C2(C(=O)O)CC2)c1. The number of benzene rings is 1. The molecule has 1 saturated carbocycles. The third-order valence-corrected chi connectivity index (χ3v) is 3.54. The smallest absolute Gasteiger partial charge is 0.314 e. The quantitative estimate of drug-likeness (QED) is 0.915. The lowest BCUT2D eigenvalue weighted by Gasteiger charge is -2.12. The van der Waals surface area contributed by atoms with Crippen molar-refractivity contribution in [2.45, 2.75) is 31.6 Å². The van der Waals surface area contributed by atoms with Crippen LogP contribution in [0.3, 0.4) is 0 Å². The van der Waals surface area contributed by atoms with E-state index < -0.39 is 11.4 Å². The first kappa shape index (κ1) is 10.7. The van der Waals surface area contributed by atoms with Gasteiger partial charge in [0.2, 0.25) is 0 Å². The minimum absolute atomic E-state index is 0.590. The van der Waals surface area contributed by atoms with Gasteiger partial charge in [0.05, 0.1) is 5.41 Å². The summed E-state index contributed by atoms with van der Waals surface area (Å²) in [4.78, 5) is 11.2. The van der Waals surface area contributed by atoms with Crippen molar-refractivity contribution in [2.24, 2.45) is 0 Å². The molecule has 0 spiro atoms. The predicted octanol–water partition coefficient (Wildman–Crippen LogP) is 3.13. The predicted molar refractivity (Wildman–Crippen MR) is 62.1 cm³/mol. The zero-order valence-electron chi connectivity index (χ0n) is 8.59. The van der Waals surface area contributed by atoms with Crippen LogP contribution in [0.1, 0.15) is 30.9 Å². The molecule has 0 unspecified atom stereocenters. The van der Waals surface area contributed by atoms with Crippen molar-refractivity contribution in [3.63, 3.8) is 0 Å². The molecule has 1 fully saturated rings. The van der Waals surface area contributed by atoms with E-state index >= 15 is 0 Å². The van der Waals surface area contributed by atoms with Gasteiger partial charge in [-0.2, -0.15) is 0 Å². The molecule has 0 amide bonds. The zero-order valence-corrected chi connectivity index (χ0v) is 10.2.